The van der Waals surface area contributed by atoms with E-state index in [-0.39, 0.29) is 0 Å². The zero-order chi connectivity index (χ0) is 25.2. The van der Waals surface area contributed by atoms with Gasteiger partial charge in [-0.15, -0.1) is 0 Å². The van der Waals surface area contributed by atoms with Gasteiger partial charge >= 0.3 is 5.97 Å². The molecule has 0 radical (unpaired) electrons. The van der Waals surface area contributed by atoms with Gasteiger partial charge in [-0.25, -0.2) is 0 Å². The maximum Gasteiger partial charge on any atom is 0.303 e. The normalized spacial score (nSPS) is 11.9. The third kappa shape index (κ3) is 22.0. The first-order chi connectivity index (χ1) is 16.6. The lowest BCUT2D eigenvalue weighted by Crippen LogP contribution is -2.21. The SMILES string of the molecule is CCCCCCC(CCCCCC)(CCCCCC)CCCCCCCCCCCCC(=O)O. The van der Waals surface area contributed by atoms with E-state index in [9.17, 15) is 4.79 Å². The molecule has 34 heavy (non-hydrogen) atoms. The highest BCUT2D eigenvalue weighted by atomic mass is 16.4. The predicted molar refractivity (Wildman–Crippen MR) is 152 cm³/mol. The second-order valence-electron chi connectivity index (χ2n) is 11.4. The summed E-state index contributed by atoms with van der Waals surface area (Å²) in [5.74, 6) is -0.646. The van der Waals surface area contributed by atoms with Crippen molar-refractivity contribution in [3.05, 3.63) is 0 Å². The molecule has 0 unspecified atom stereocenters. The van der Waals surface area contributed by atoms with Crippen LogP contribution in [0.15, 0.2) is 0 Å². The molecule has 0 aliphatic heterocycles. The minimum Gasteiger partial charge on any atom is -0.481 e. The van der Waals surface area contributed by atoms with Gasteiger partial charge in [-0.05, 0) is 37.5 Å². The molecule has 0 fully saturated rings. The first kappa shape index (κ1) is 33.5. The number of carboxylic acids is 1. The van der Waals surface area contributed by atoms with Crippen LogP contribution in [0.4, 0.5) is 0 Å². The lowest BCUT2D eigenvalue weighted by Gasteiger charge is -2.35. The van der Waals surface area contributed by atoms with E-state index >= 15 is 0 Å². The van der Waals surface area contributed by atoms with Crippen LogP contribution in [-0.4, -0.2) is 11.1 Å². The minimum atomic E-state index is -0.646. The summed E-state index contributed by atoms with van der Waals surface area (Å²) in [6.07, 6.45) is 36.2. The van der Waals surface area contributed by atoms with Gasteiger partial charge in [-0.3, -0.25) is 4.79 Å². The average Bonchev–Trinajstić information content (AvgIpc) is 2.83. The van der Waals surface area contributed by atoms with Crippen LogP contribution in [0.5, 0.6) is 0 Å². The van der Waals surface area contributed by atoms with Gasteiger partial charge in [-0.2, -0.15) is 0 Å². The molecular formula is C32H64O2. The molecule has 0 aliphatic carbocycles. The fourth-order valence-electron chi connectivity index (χ4n) is 5.72. The number of unbranched alkanes of at least 4 members (excludes halogenated alkanes) is 18. The third-order valence-corrected chi connectivity index (χ3v) is 8.03. The highest BCUT2D eigenvalue weighted by Crippen LogP contribution is 2.42. The molecule has 0 heterocycles. The quantitative estimate of drug-likeness (QED) is 0.113. The van der Waals surface area contributed by atoms with Crippen LogP contribution >= 0.6 is 0 Å². The van der Waals surface area contributed by atoms with E-state index in [1.165, 1.54) is 154 Å². The molecule has 0 aromatic heterocycles. The van der Waals surface area contributed by atoms with Crippen molar-refractivity contribution in [2.45, 2.75) is 194 Å². The summed E-state index contributed by atoms with van der Waals surface area (Å²) in [5.41, 5.74) is 0.644. The van der Waals surface area contributed by atoms with Crippen molar-refractivity contribution < 1.29 is 9.90 Å². The Morgan fingerprint density at radius 1 is 0.441 bits per heavy atom. The Balaban J connectivity index is 4.32. The average molecular weight is 481 g/mol. The summed E-state index contributed by atoms with van der Waals surface area (Å²) < 4.78 is 0. The monoisotopic (exact) mass is 480 g/mol. The van der Waals surface area contributed by atoms with Crippen LogP contribution < -0.4 is 0 Å². The van der Waals surface area contributed by atoms with Crippen molar-refractivity contribution in [3.63, 3.8) is 0 Å². The van der Waals surface area contributed by atoms with Gasteiger partial charge in [0.05, 0.1) is 0 Å². The van der Waals surface area contributed by atoms with Crippen LogP contribution in [0.3, 0.4) is 0 Å². The third-order valence-electron chi connectivity index (χ3n) is 8.03. The predicted octanol–water partition coefficient (Wildman–Crippen LogP) is 11.6. The molecule has 204 valence electrons. The number of carbonyl (C=O) groups is 1. The number of rotatable bonds is 28. The lowest BCUT2D eigenvalue weighted by atomic mass is 9.70. The summed E-state index contributed by atoms with van der Waals surface area (Å²) in [4.78, 5) is 10.6. The van der Waals surface area contributed by atoms with Crippen molar-refractivity contribution in [1.82, 2.24) is 0 Å². The largest absolute Gasteiger partial charge is 0.481 e. The van der Waals surface area contributed by atoms with E-state index in [1.54, 1.807) is 0 Å². The van der Waals surface area contributed by atoms with Gasteiger partial charge in [0.2, 0.25) is 0 Å². The summed E-state index contributed by atoms with van der Waals surface area (Å²) in [7, 11) is 0. The van der Waals surface area contributed by atoms with Gasteiger partial charge < -0.3 is 5.11 Å². The van der Waals surface area contributed by atoms with Crippen LogP contribution in [0.2, 0.25) is 0 Å². The summed E-state index contributed by atoms with van der Waals surface area (Å²) in [6, 6.07) is 0. The molecule has 0 bridgehead atoms. The summed E-state index contributed by atoms with van der Waals surface area (Å²) in [6.45, 7) is 7.01. The minimum absolute atomic E-state index is 0.345. The number of hydrogen-bond acceptors (Lipinski definition) is 1. The van der Waals surface area contributed by atoms with Gasteiger partial charge in [0.25, 0.3) is 0 Å². The van der Waals surface area contributed by atoms with Crippen molar-refractivity contribution >= 4 is 5.97 Å². The van der Waals surface area contributed by atoms with E-state index < -0.39 is 5.97 Å². The Hall–Kier alpha value is -0.530. The van der Waals surface area contributed by atoms with E-state index in [4.69, 9.17) is 5.11 Å². The lowest BCUT2D eigenvalue weighted by molar-refractivity contribution is -0.137. The van der Waals surface area contributed by atoms with E-state index in [0.29, 0.717) is 11.8 Å². The fourth-order valence-corrected chi connectivity index (χ4v) is 5.72. The van der Waals surface area contributed by atoms with Crippen LogP contribution in [0.25, 0.3) is 0 Å². The smallest absolute Gasteiger partial charge is 0.303 e. The molecule has 0 rings (SSSR count). The summed E-state index contributed by atoms with van der Waals surface area (Å²) >= 11 is 0. The Labute approximate surface area is 215 Å². The van der Waals surface area contributed by atoms with E-state index in [2.05, 4.69) is 20.8 Å². The molecular weight excluding hydrogens is 416 g/mol. The van der Waals surface area contributed by atoms with Crippen LogP contribution in [-0.2, 0) is 4.79 Å². The molecule has 0 aromatic carbocycles. The molecule has 0 aliphatic rings. The molecule has 2 nitrogen and oxygen atoms in total. The highest BCUT2D eigenvalue weighted by Gasteiger charge is 2.28. The highest BCUT2D eigenvalue weighted by molar-refractivity contribution is 5.66. The molecule has 0 saturated carbocycles. The standard InChI is InChI=1S/C32H64O2/c1-4-7-10-22-27-32(28-23-11-8-5-2,29-24-12-9-6-3)30-25-20-18-16-14-13-15-17-19-21-26-31(33)34/h4-30H2,1-3H3,(H,33,34). The van der Waals surface area contributed by atoms with Crippen molar-refractivity contribution in [2.24, 2.45) is 5.41 Å². The molecule has 0 amide bonds. The van der Waals surface area contributed by atoms with Crippen LogP contribution in [0, 0.1) is 5.41 Å². The topological polar surface area (TPSA) is 37.3 Å². The molecule has 2 heteroatoms. The zero-order valence-electron chi connectivity index (χ0n) is 23.9. The molecule has 0 atom stereocenters. The Morgan fingerprint density at radius 2 is 0.706 bits per heavy atom. The maximum atomic E-state index is 10.6. The van der Waals surface area contributed by atoms with Crippen molar-refractivity contribution in [1.29, 1.82) is 0 Å². The number of aliphatic carboxylic acids is 1. The first-order valence-electron chi connectivity index (χ1n) is 15.8. The Bertz CT molecular complexity index is 386. The second kappa shape index (κ2) is 25.6. The first-order valence-corrected chi connectivity index (χ1v) is 15.8. The van der Waals surface area contributed by atoms with E-state index in [0.717, 1.165) is 12.8 Å². The van der Waals surface area contributed by atoms with Gasteiger partial charge in [0.15, 0.2) is 0 Å². The van der Waals surface area contributed by atoms with Crippen LogP contribution in [0.1, 0.15) is 194 Å². The molecule has 0 saturated heterocycles. The fraction of sp³-hybridized carbons (Fsp3) is 0.969. The second-order valence-corrected chi connectivity index (χ2v) is 11.4. The van der Waals surface area contributed by atoms with E-state index in [1.807, 2.05) is 0 Å². The molecule has 0 aromatic rings. The zero-order valence-corrected chi connectivity index (χ0v) is 23.9. The molecule has 0 spiro atoms. The van der Waals surface area contributed by atoms with Gasteiger partial charge in [0.1, 0.15) is 0 Å². The van der Waals surface area contributed by atoms with Gasteiger partial charge in [0, 0.05) is 6.42 Å². The van der Waals surface area contributed by atoms with Gasteiger partial charge in [-0.1, -0.05) is 156 Å². The molecule has 1 N–H and O–H groups in total. The number of carboxylic acid groups (broad SMARTS) is 1. The van der Waals surface area contributed by atoms with Crippen molar-refractivity contribution in [2.75, 3.05) is 0 Å². The Morgan fingerprint density at radius 3 is 1.00 bits per heavy atom. The number of hydrogen-bond donors (Lipinski definition) is 1. The maximum absolute atomic E-state index is 10.6. The summed E-state index contributed by atoms with van der Waals surface area (Å²) in [5, 5.41) is 8.70. The van der Waals surface area contributed by atoms with Crippen molar-refractivity contribution in [3.8, 4) is 0 Å². The Kier molecular flexibility index (Phi) is 25.2.